The van der Waals surface area contributed by atoms with Gasteiger partial charge >= 0.3 is 0 Å². The molecular formula is C16H17FN2O. The van der Waals surface area contributed by atoms with Gasteiger partial charge in [0.2, 0.25) is 0 Å². The molecule has 0 fully saturated rings. The first kappa shape index (κ1) is 13.1. The number of fused-ring (bicyclic) bond motifs is 1. The van der Waals surface area contributed by atoms with Crippen LogP contribution in [0.3, 0.4) is 0 Å². The average molecular weight is 272 g/mol. The molecule has 0 saturated carbocycles. The minimum atomic E-state index is -0.203. The van der Waals surface area contributed by atoms with Crippen LogP contribution in [0.5, 0.6) is 5.75 Å². The second kappa shape index (κ2) is 5.59. The lowest BCUT2D eigenvalue weighted by Crippen LogP contribution is -2.31. The van der Waals surface area contributed by atoms with Gasteiger partial charge in [0, 0.05) is 37.0 Å². The molecule has 1 aliphatic heterocycles. The molecule has 2 unspecified atom stereocenters. The lowest BCUT2D eigenvalue weighted by Gasteiger charge is -2.17. The van der Waals surface area contributed by atoms with Crippen LogP contribution in [0, 0.1) is 5.82 Å². The van der Waals surface area contributed by atoms with Crippen LogP contribution in [0.4, 0.5) is 4.39 Å². The summed E-state index contributed by atoms with van der Waals surface area (Å²) in [5.41, 5.74) is 2.15. The number of nitrogens with one attached hydrogen (secondary N) is 1. The van der Waals surface area contributed by atoms with Crippen LogP contribution in [-0.4, -0.2) is 17.6 Å². The van der Waals surface area contributed by atoms with Crippen LogP contribution in [0.15, 0.2) is 42.7 Å². The predicted octanol–water partition coefficient (Wildman–Crippen LogP) is 2.88. The third-order valence-corrected chi connectivity index (χ3v) is 3.62. The molecule has 2 atom stereocenters. The second-order valence-electron chi connectivity index (χ2n) is 5.11. The fourth-order valence-corrected chi connectivity index (χ4v) is 2.48. The van der Waals surface area contributed by atoms with Crippen molar-refractivity contribution in [1.82, 2.24) is 10.3 Å². The summed E-state index contributed by atoms with van der Waals surface area (Å²) in [5, 5.41) is 3.44. The molecule has 0 spiro atoms. The second-order valence-corrected chi connectivity index (χ2v) is 5.11. The molecule has 20 heavy (non-hydrogen) atoms. The topological polar surface area (TPSA) is 34.1 Å². The van der Waals surface area contributed by atoms with E-state index in [2.05, 4.69) is 17.2 Å². The average Bonchev–Trinajstić information content (AvgIpc) is 2.87. The van der Waals surface area contributed by atoms with Gasteiger partial charge in [0.15, 0.2) is 0 Å². The van der Waals surface area contributed by atoms with E-state index in [0.29, 0.717) is 0 Å². The Labute approximate surface area is 117 Å². The van der Waals surface area contributed by atoms with E-state index < -0.39 is 0 Å². The van der Waals surface area contributed by atoms with Crippen LogP contribution in [0.25, 0.3) is 0 Å². The fraction of sp³-hybridized carbons (Fsp3) is 0.312. The zero-order valence-corrected chi connectivity index (χ0v) is 11.3. The lowest BCUT2D eigenvalue weighted by molar-refractivity contribution is 0.222. The van der Waals surface area contributed by atoms with Crippen LogP contribution >= 0.6 is 0 Å². The SMILES string of the molecule is CC(NCC1Cc2cc(F)ccc2O1)c1ccncc1. The Morgan fingerprint density at radius 3 is 2.95 bits per heavy atom. The van der Waals surface area contributed by atoms with Gasteiger partial charge in [0.25, 0.3) is 0 Å². The van der Waals surface area contributed by atoms with Crippen LogP contribution in [-0.2, 0) is 6.42 Å². The first-order valence-corrected chi connectivity index (χ1v) is 6.81. The maximum atomic E-state index is 13.1. The molecule has 0 radical (unpaired) electrons. The number of nitrogens with zero attached hydrogens (tertiary/aromatic N) is 1. The molecule has 3 rings (SSSR count). The standard InChI is InChI=1S/C16H17FN2O/c1-11(12-4-6-18-7-5-12)19-10-15-9-13-8-14(17)2-3-16(13)20-15/h2-8,11,15,19H,9-10H2,1H3. The zero-order valence-electron chi connectivity index (χ0n) is 11.3. The van der Waals surface area contributed by atoms with Gasteiger partial charge in [0.1, 0.15) is 17.7 Å². The highest BCUT2D eigenvalue weighted by Gasteiger charge is 2.23. The largest absolute Gasteiger partial charge is 0.488 e. The number of rotatable bonds is 4. The van der Waals surface area contributed by atoms with Gasteiger partial charge in [-0.05, 0) is 42.8 Å². The van der Waals surface area contributed by atoms with Crippen molar-refractivity contribution in [3.63, 3.8) is 0 Å². The van der Waals surface area contributed by atoms with E-state index in [1.807, 2.05) is 12.1 Å². The van der Waals surface area contributed by atoms with Crippen molar-refractivity contribution in [2.45, 2.75) is 25.5 Å². The third-order valence-electron chi connectivity index (χ3n) is 3.62. The first-order valence-electron chi connectivity index (χ1n) is 6.81. The Kier molecular flexibility index (Phi) is 3.65. The summed E-state index contributed by atoms with van der Waals surface area (Å²) in [6, 6.07) is 8.93. The molecule has 1 aromatic carbocycles. The molecule has 2 heterocycles. The number of hydrogen-bond donors (Lipinski definition) is 1. The molecule has 0 amide bonds. The van der Waals surface area contributed by atoms with E-state index in [0.717, 1.165) is 24.3 Å². The fourth-order valence-electron chi connectivity index (χ4n) is 2.48. The van der Waals surface area contributed by atoms with E-state index in [-0.39, 0.29) is 18.0 Å². The summed E-state index contributed by atoms with van der Waals surface area (Å²) >= 11 is 0. The molecule has 1 aromatic heterocycles. The molecular weight excluding hydrogens is 255 g/mol. The van der Waals surface area contributed by atoms with Crippen molar-refractivity contribution < 1.29 is 9.13 Å². The van der Waals surface area contributed by atoms with Crippen molar-refractivity contribution in [2.24, 2.45) is 0 Å². The number of ether oxygens (including phenoxy) is 1. The molecule has 4 heteroatoms. The minimum Gasteiger partial charge on any atom is -0.488 e. The normalized spacial score (nSPS) is 18.4. The Balaban J connectivity index is 1.56. The zero-order chi connectivity index (χ0) is 13.9. The molecule has 1 aliphatic rings. The highest BCUT2D eigenvalue weighted by atomic mass is 19.1. The summed E-state index contributed by atoms with van der Waals surface area (Å²) in [7, 11) is 0. The smallest absolute Gasteiger partial charge is 0.123 e. The summed E-state index contributed by atoms with van der Waals surface area (Å²) in [6.07, 6.45) is 4.40. The number of hydrogen-bond acceptors (Lipinski definition) is 3. The number of benzene rings is 1. The van der Waals surface area contributed by atoms with Crippen LogP contribution < -0.4 is 10.1 Å². The Morgan fingerprint density at radius 2 is 2.15 bits per heavy atom. The van der Waals surface area contributed by atoms with Gasteiger partial charge in [-0.2, -0.15) is 0 Å². The number of aromatic nitrogens is 1. The summed E-state index contributed by atoms with van der Waals surface area (Å²) in [5.74, 6) is 0.598. The van der Waals surface area contributed by atoms with Gasteiger partial charge < -0.3 is 10.1 Å². The van der Waals surface area contributed by atoms with E-state index >= 15 is 0 Å². The molecule has 0 saturated heterocycles. The summed E-state index contributed by atoms with van der Waals surface area (Å²) < 4.78 is 19.0. The van der Waals surface area contributed by atoms with E-state index in [1.54, 1.807) is 24.5 Å². The molecule has 0 bridgehead atoms. The van der Waals surface area contributed by atoms with E-state index in [1.165, 1.54) is 11.6 Å². The molecule has 104 valence electrons. The van der Waals surface area contributed by atoms with Crippen LogP contribution in [0.1, 0.15) is 24.1 Å². The quantitative estimate of drug-likeness (QED) is 0.929. The lowest BCUT2D eigenvalue weighted by atomic mass is 10.1. The molecule has 1 N–H and O–H groups in total. The Hall–Kier alpha value is -1.94. The van der Waals surface area contributed by atoms with Gasteiger partial charge in [-0.25, -0.2) is 4.39 Å². The van der Waals surface area contributed by atoms with Gasteiger partial charge in [-0.15, -0.1) is 0 Å². The number of halogens is 1. The molecule has 0 aliphatic carbocycles. The maximum Gasteiger partial charge on any atom is 0.123 e. The van der Waals surface area contributed by atoms with Gasteiger partial charge in [-0.1, -0.05) is 0 Å². The molecule has 2 aromatic rings. The monoisotopic (exact) mass is 272 g/mol. The third kappa shape index (κ3) is 2.80. The number of pyridine rings is 1. The van der Waals surface area contributed by atoms with Gasteiger partial charge in [0.05, 0.1) is 0 Å². The van der Waals surface area contributed by atoms with E-state index in [9.17, 15) is 4.39 Å². The highest BCUT2D eigenvalue weighted by molar-refractivity contribution is 5.38. The van der Waals surface area contributed by atoms with Crippen molar-refractivity contribution >= 4 is 0 Å². The first-order chi connectivity index (χ1) is 9.72. The summed E-state index contributed by atoms with van der Waals surface area (Å²) in [4.78, 5) is 4.01. The van der Waals surface area contributed by atoms with Crippen molar-refractivity contribution in [2.75, 3.05) is 6.54 Å². The van der Waals surface area contributed by atoms with Gasteiger partial charge in [-0.3, -0.25) is 4.98 Å². The maximum absolute atomic E-state index is 13.1. The predicted molar refractivity (Wildman–Crippen MR) is 75.2 cm³/mol. The van der Waals surface area contributed by atoms with Crippen LogP contribution in [0.2, 0.25) is 0 Å². The van der Waals surface area contributed by atoms with Crippen molar-refractivity contribution in [3.05, 3.63) is 59.7 Å². The van der Waals surface area contributed by atoms with E-state index in [4.69, 9.17) is 4.74 Å². The Morgan fingerprint density at radius 1 is 1.35 bits per heavy atom. The summed E-state index contributed by atoms with van der Waals surface area (Å²) in [6.45, 7) is 2.84. The molecule has 3 nitrogen and oxygen atoms in total. The Bertz CT molecular complexity index is 588. The minimum absolute atomic E-state index is 0.0658. The highest BCUT2D eigenvalue weighted by Crippen LogP contribution is 2.29. The van der Waals surface area contributed by atoms with Crippen molar-refractivity contribution in [3.8, 4) is 5.75 Å². The van der Waals surface area contributed by atoms with Crippen molar-refractivity contribution in [1.29, 1.82) is 0 Å².